The molecule has 0 radical (unpaired) electrons. The lowest BCUT2D eigenvalue weighted by molar-refractivity contribution is -0.139. The van der Waals surface area contributed by atoms with Gasteiger partial charge in [-0.3, -0.25) is 37.9 Å². The molecule has 0 aromatic carbocycles. The number of nitrogens with zero attached hydrogens (tertiary/aromatic N) is 2. The van der Waals surface area contributed by atoms with Gasteiger partial charge in [-0.2, -0.15) is 0 Å². The number of carboxylic acids is 2. The van der Waals surface area contributed by atoms with Gasteiger partial charge < -0.3 is 10.2 Å². The Kier molecular flexibility index (Phi) is 6.94. The van der Waals surface area contributed by atoms with E-state index in [0.717, 1.165) is 31.8 Å². The number of fused-ring (bicyclic) bond motifs is 2. The number of carbonyl (C=O) groups is 2. The molecule has 3 heterocycles. The van der Waals surface area contributed by atoms with Crippen molar-refractivity contribution in [1.82, 2.24) is 9.13 Å². The van der Waals surface area contributed by atoms with E-state index < -0.39 is 46.0 Å². The zero-order valence-corrected chi connectivity index (χ0v) is 19.1. The molecular formula is C20H22N2O8S2. The van der Waals surface area contributed by atoms with Crippen LogP contribution in [0.3, 0.4) is 0 Å². The molecule has 172 valence electrons. The second kappa shape index (κ2) is 9.33. The first-order valence-corrected chi connectivity index (χ1v) is 11.7. The topological polar surface area (TPSA) is 153 Å². The summed E-state index contributed by atoms with van der Waals surface area (Å²) < 4.78 is 2.20. The van der Waals surface area contributed by atoms with Crippen molar-refractivity contribution < 1.29 is 19.8 Å². The molecule has 12 heteroatoms. The second-order valence-corrected chi connectivity index (χ2v) is 9.75. The molecule has 3 aromatic rings. The van der Waals surface area contributed by atoms with Crippen molar-refractivity contribution in [2.24, 2.45) is 11.8 Å². The molecule has 32 heavy (non-hydrogen) atoms. The molecule has 2 atom stereocenters. The predicted molar refractivity (Wildman–Crippen MR) is 122 cm³/mol. The minimum absolute atomic E-state index is 0.0549. The first-order chi connectivity index (χ1) is 15.1. The van der Waals surface area contributed by atoms with E-state index in [9.17, 15) is 28.8 Å². The summed E-state index contributed by atoms with van der Waals surface area (Å²) in [6, 6.07) is 0. The Bertz CT molecular complexity index is 1230. The molecular weight excluding hydrogens is 460 g/mol. The van der Waals surface area contributed by atoms with E-state index in [2.05, 4.69) is 0 Å². The van der Waals surface area contributed by atoms with Gasteiger partial charge >= 0.3 is 11.9 Å². The molecule has 2 unspecified atom stereocenters. The molecule has 3 rings (SSSR count). The third-order valence-corrected chi connectivity index (χ3v) is 8.13. The second-order valence-electron chi connectivity index (χ2n) is 7.71. The van der Waals surface area contributed by atoms with Crippen LogP contribution < -0.4 is 22.2 Å². The van der Waals surface area contributed by atoms with Gasteiger partial charge in [-0.25, -0.2) is 0 Å². The van der Waals surface area contributed by atoms with Crippen LogP contribution >= 0.6 is 22.7 Å². The van der Waals surface area contributed by atoms with Crippen LogP contribution in [0.4, 0.5) is 0 Å². The summed E-state index contributed by atoms with van der Waals surface area (Å²) in [6.07, 6.45) is 0.552. The van der Waals surface area contributed by atoms with Crippen molar-refractivity contribution in [2.45, 2.75) is 52.6 Å². The minimum Gasteiger partial charge on any atom is -0.481 e. The summed E-state index contributed by atoms with van der Waals surface area (Å²) in [5.74, 6) is -2.86. The lowest BCUT2D eigenvalue weighted by Crippen LogP contribution is -2.30. The highest BCUT2D eigenvalue weighted by Gasteiger charge is 2.24. The maximum absolute atomic E-state index is 12.9. The summed E-state index contributed by atoms with van der Waals surface area (Å²) in [5, 5.41) is 18.0. The number of hydrogen-bond donors (Lipinski definition) is 2. The van der Waals surface area contributed by atoms with Crippen LogP contribution in [0.2, 0.25) is 0 Å². The molecule has 3 aromatic heterocycles. The summed E-state index contributed by atoms with van der Waals surface area (Å²) in [6.45, 7) is 3.43. The Morgan fingerprint density at radius 2 is 0.969 bits per heavy atom. The number of aliphatic carboxylic acids is 2. The fraction of sp³-hybridized carbons (Fsp3) is 0.500. The Labute approximate surface area is 188 Å². The van der Waals surface area contributed by atoms with Crippen LogP contribution in [0.25, 0.3) is 18.8 Å². The van der Waals surface area contributed by atoms with Gasteiger partial charge in [-0.1, -0.05) is 26.7 Å². The third kappa shape index (κ3) is 4.37. The van der Waals surface area contributed by atoms with E-state index in [-0.39, 0.29) is 44.7 Å². The summed E-state index contributed by atoms with van der Waals surface area (Å²) in [7, 11) is 0. The molecule has 0 aliphatic rings. The molecule has 0 aliphatic carbocycles. The average molecular weight is 483 g/mol. The number of carboxylic acid groups (broad SMARTS) is 2. The maximum atomic E-state index is 12.9. The molecule has 0 saturated carbocycles. The molecule has 10 nitrogen and oxygen atoms in total. The molecule has 0 aliphatic heterocycles. The number of rotatable bonds is 10. The lowest BCUT2D eigenvalue weighted by Gasteiger charge is -2.11. The van der Waals surface area contributed by atoms with Crippen LogP contribution in [-0.4, -0.2) is 31.3 Å². The predicted octanol–water partition coefficient (Wildman–Crippen LogP) is 1.60. The Balaban J connectivity index is 2.12. The normalized spacial score (nSPS) is 13.6. The zero-order valence-electron chi connectivity index (χ0n) is 17.5. The first kappa shape index (κ1) is 23.8. The SMILES string of the molecule is CCC(CC(=O)O)Cn1c(=O)c2sc3c(=O)n(CC(CC)CC(=O)O)c(=O)c3sc2c1=O. The van der Waals surface area contributed by atoms with E-state index in [1.54, 1.807) is 13.8 Å². The lowest BCUT2D eigenvalue weighted by atomic mass is 10.0. The first-order valence-electron chi connectivity index (χ1n) is 10.1. The van der Waals surface area contributed by atoms with E-state index >= 15 is 0 Å². The Hall–Kier alpha value is -2.86. The maximum Gasteiger partial charge on any atom is 0.303 e. The smallest absolute Gasteiger partial charge is 0.303 e. The highest BCUT2D eigenvalue weighted by Crippen LogP contribution is 2.26. The Morgan fingerprint density at radius 3 is 1.19 bits per heavy atom. The van der Waals surface area contributed by atoms with Crippen molar-refractivity contribution >= 4 is 53.4 Å². The van der Waals surface area contributed by atoms with E-state index in [0.29, 0.717) is 12.8 Å². The Morgan fingerprint density at radius 1 is 0.688 bits per heavy atom. The van der Waals surface area contributed by atoms with Gasteiger partial charge in [0.1, 0.15) is 18.8 Å². The average Bonchev–Trinajstić information content (AvgIpc) is 3.10. The van der Waals surface area contributed by atoms with Crippen molar-refractivity contribution in [3.05, 3.63) is 41.4 Å². The van der Waals surface area contributed by atoms with Gasteiger partial charge in [0.2, 0.25) is 0 Å². The van der Waals surface area contributed by atoms with Crippen LogP contribution in [0.15, 0.2) is 19.2 Å². The highest BCUT2D eigenvalue weighted by molar-refractivity contribution is 7.36. The van der Waals surface area contributed by atoms with Crippen LogP contribution in [-0.2, 0) is 22.7 Å². The molecule has 0 saturated heterocycles. The van der Waals surface area contributed by atoms with Gasteiger partial charge in [0, 0.05) is 25.9 Å². The molecule has 0 amide bonds. The van der Waals surface area contributed by atoms with Crippen molar-refractivity contribution in [1.29, 1.82) is 0 Å². The summed E-state index contributed by atoms with van der Waals surface area (Å²) in [4.78, 5) is 73.5. The van der Waals surface area contributed by atoms with Crippen LogP contribution in [0.5, 0.6) is 0 Å². The molecule has 2 N–H and O–H groups in total. The van der Waals surface area contributed by atoms with Crippen LogP contribution in [0.1, 0.15) is 39.5 Å². The van der Waals surface area contributed by atoms with Gasteiger partial charge in [0.25, 0.3) is 22.2 Å². The van der Waals surface area contributed by atoms with Gasteiger partial charge in [-0.15, -0.1) is 22.7 Å². The molecule has 0 fully saturated rings. The van der Waals surface area contributed by atoms with E-state index in [1.165, 1.54) is 0 Å². The van der Waals surface area contributed by atoms with Crippen molar-refractivity contribution in [3.8, 4) is 0 Å². The summed E-state index contributed by atoms with van der Waals surface area (Å²) in [5.41, 5.74) is -2.41. The van der Waals surface area contributed by atoms with Crippen molar-refractivity contribution in [2.75, 3.05) is 0 Å². The largest absolute Gasteiger partial charge is 0.481 e. The quantitative estimate of drug-likeness (QED) is 0.442. The van der Waals surface area contributed by atoms with E-state index in [4.69, 9.17) is 10.2 Å². The van der Waals surface area contributed by atoms with Gasteiger partial charge in [-0.05, 0) is 11.8 Å². The fourth-order valence-electron chi connectivity index (χ4n) is 3.65. The van der Waals surface area contributed by atoms with Gasteiger partial charge in [0.05, 0.1) is 0 Å². The zero-order chi connectivity index (χ0) is 23.7. The molecule has 0 bridgehead atoms. The van der Waals surface area contributed by atoms with Crippen LogP contribution in [0, 0.1) is 11.8 Å². The highest BCUT2D eigenvalue weighted by atomic mass is 32.1. The number of hydrogen-bond acceptors (Lipinski definition) is 8. The minimum atomic E-state index is -1.03. The molecule has 0 spiro atoms. The monoisotopic (exact) mass is 482 g/mol. The fourth-order valence-corrected chi connectivity index (χ4v) is 6.06. The van der Waals surface area contributed by atoms with Crippen molar-refractivity contribution in [3.63, 3.8) is 0 Å². The summed E-state index contributed by atoms with van der Waals surface area (Å²) >= 11 is 1.57. The van der Waals surface area contributed by atoms with E-state index in [1.807, 2.05) is 0 Å². The van der Waals surface area contributed by atoms with Gasteiger partial charge in [0.15, 0.2) is 0 Å². The third-order valence-electron chi connectivity index (χ3n) is 5.54. The standard InChI is InChI=1S/C20H22N2O8S2/c1-3-9(5-11(23)24)7-21-17(27)13-14(18(21)28)32-16-15(31-13)19(29)22(20(16)30)8-10(4-2)6-12(25)26/h9-10H,3-8H2,1-2H3,(H,23,24)(H,25,26). The number of aromatic nitrogens is 2.